The summed E-state index contributed by atoms with van der Waals surface area (Å²) < 4.78 is 40.2. The largest absolute Gasteiger partial charge is 0.324 e. The normalized spacial score (nSPS) is 19.3. The molecule has 1 aromatic rings. The zero-order valence-corrected chi connectivity index (χ0v) is 9.56. The molecule has 1 aliphatic rings. The fourth-order valence-corrected chi connectivity index (χ4v) is 2.58. The third-order valence-corrected chi connectivity index (χ3v) is 3.57. The zero-order valence-electron chi connectivity index (χ0n) is 9.56. The Bertz CT molecular complexity index is 400. The predicted molar refractivity (Wildman–Crippen MR) is 59.8 cm³/mol. The van der Waals surface area contributed by atoms with Crippen LogP contribution < -0.4 is 5.73 Å². The first-order valence-electron chi connectivity index (χ1n) is 6.00. The van der Waals surface area contributed by atoms with E-state index in [1.807, 2.05) is 0 Å². The predicted octanol–water partition coefficient (Wildman–Crippen LogP) is 3.68. The van der Waals surface area contributed by atoms with Crippen LogP contribution in [0.2, 0.25) is 0 Å². The number of hydrogen-bond donors (Lipinski definition) is 1. The average molecular weight is 243 g/mol. The number of hydrogen-bond acceptors (Lipinski definition) is 1. The van der Waals surface area contributed by atoms with Gasteiger partial charge in [-0.2, -0.15) is 0 Å². The molecule has 1 saturated carbocycles. The molecule has 0 aromatic heterocycles. The minimum Gasteiger partial charge on any atom is -0.324 e. The molecule has 0 bridgehead atoms. The van der Waals surface area contributed by atoms with E-state index in [1.165, 1.54) is 0 Å². The molecule has 1 atom stereocenters. The molecule has 0 aliphatic heterocycles. The van der Waals surface area contributed by atoms with E-state index in [0.717, 1.165) is 44.2 Å². The molecule has 0 spiro atoms. The van der Waals surface area contributed by atoms with E-state index < -0.39 is 23.5 Å². The molecule has 17 heavy (non-hydrogen) atoms. The van der Waals surface area contributed by atoms with Gasteiger partial charge in [0.2, 0.25) is 0 Å². The lowest BCUT2D eigenvalue weighted by Crippen LogP contribution is -2.26. The maximum Gasteiger partial charge on any atom is 0.166 e. The molecule has 0 unspecified atom stereocenters. The molecular weight excluding hydrogens is 227 g/mol. The van der Waals surface area contributed by atoms with Crippen LogP contribution in [0.4, 0.5) is 13.2 Å². The monoisotopic (exact) mass is 243 g/mol. The third-order valence-electron chi connectivity index (χ3n) is 3.57. The van der Waals surface area contributed by atoms with Crippen LogP contribution in [0.3, 0.4) is 0 Å². The molecule has 1 fully saturated rings. The third kappa shape index (κ3) is 2.46. The summed E-state index contributed by atoms with van der Waals surface area (Å²) in [5, 5.41) is 0. The van der Waals surface area contributed by atoms with Crippen LogP contribution >= 0.6 is 0 Å². The first-order chi connectivity index (χ1) is 8.11. The van der Waals surface area contributed by atoms with Gasteiger partial charge < -0.3 is 5.73 Å². The lowest BCUT2D eigenvalue weighted by atomic mass is 9.81. The van der Waals surface area contributed by atoms with Crippen molar-refractivity contribution in [2.75, 3.05) is 0 Å². The topological polar surface area (TPSA) is 26.0 Å². The quantitative estimate of drug-likeness (QED) is 0.788. The Morgan fingerprint density at radius 1 is 1.00 bits per heavy atom. The van der Waals surface area contributed by atoms with Crippen molar-refractivity contribution in [3.8, 4) is 0 Å². The van der Waals surface area contributed by atoms with Crippen molar-refractivity contribution in [2.45, 2.75) is 38.1 Å². The van der Waals surface area contributed by atoms with Crippen LogP contribution in [0.1, 0.15) is 43.7 Å². The molecule has 2 N–H and O–H groups in total. The highest BCUT2D eigenvalue weighted by atomic mass is 19.2. The molecule has 0 heterocycles. The standard InChI is InChI=1S/C13H16F3N/c14-9-6-7-10(15)12(16)11(9)13(17)8-4-2-1-3-5-8/h6-8,13H,1-5,17H2/t13-/m1/s1. The van der Waals surface area contributed by atoms with Crippen LogP contribution in [0, 0.1) is 23.4 Å². The summed E-state index contributed by atoms with van der Waals surface area (Å²) >= 11 is 0. The van der Waals surface area contributed by atoms with Crippen LogP contribution in [-0.4, -0.2) is 0 Å². The minimum atomic E-state index is -1.14. The highest BCUT2D eigenvalue weighted by Crippen LogP contribution is 2.35. The lowest BCUT2D eigenvalue weighted by Gasteiger charge is -2.28. The summed E-state index contributed by atoms with van der Waals surface area (Å²) in [6, 6.07) is 0.990. The van der Waals surface area contributed by atoms with Crippen molar-refractivity contribution in [2.24, 2.45) is 11.7 Å². The van der Waals surface area contributed by atoms with Gasteiger partial charge >= 0.3 is 0 Å². The molecule has 94 valence electrons. The molecule has 1 aliphatic carbocycles. The Labute approximate surface area is 98.8 Å². The Balaban J connectivity index is 2.29. The van der Waals surface area contributed by atoms with Gasteiger partial charge in [-0.05, 0) is 30.9 Å². The number of nitrogens with two attached hydrogens (primary N) is 1. The van der Waals surface area contributed by atoms with E-state index in [0.29, 0.717) is 0 Å². The lowest BCUT2D eigenvalue weighted by molar-refractivity contribution is 0.295. The molecule has 0 radical (unpaired) electrons. The van der Waals surface area contributed by atoms with Gasteiger partial charge in [0.15, 0.2) is 11.6 Å². The molecule has 1 nitrogen and oxygen atoms in total. The van der Waals surface area contributed by atoms with E-state index in [4.69, 9.17) is 5.73 Å². The molecule has 4 heteroatoms. The fourth-order valence-electron chi connectivity index (χ4n) is 2.58. The summed E-state index contributed by atoms with van der Waals surface area (Å²) in [6.07, 6.45) is 4.90. The molecule has 0 saturated heterocycles. The number of benzene rings is 1. The van der Waals surface area contributed by atoms with Gasteiger partial charge in [0.05, 0.1) is 0 Å². The second-order valence-electron chi connectivity index (χ2n) is 4.68. The van der Waals surface area contributed by atoms with Crippen molar-refractivity contribution in [1.82, 2.24) is 0 Å². The summed E-state index contributed by atoms with van der Waals surface area (Å²) in [4.78, 5) is 0. The van der Waals surface area contributed by atoms with Crippen LogP contribution in [0.5, 0.6) is 0 Å². The van der Waals surface area contributed by atoms with E-state index in [-0.39, 0.29) is 11.5 Å². The van der Waals surface area contributed by atoms with E-state index >= 15 is 0 Å². The van der Waals surface area contributed by atoms with Crippen LogP contribution in [0.25, 0.3) is 0 Å². The summed E-state index contributed by atoms with van der Waals surface area (Å²) in [5.41, 5.74) is 5.60. The van der Waals surface area contributed by atoms with E-state index in [2.05, 4.69) is 0 Å². The van der Waals surface area contributed by atoms with Gasteiger partial charge in [0.25, 0.3) is 0 Å². The number of rotatable bonds is 2. The van der Waals surface area contributed by atoms with Crippen molar-refractivity contribution in [3.05, 3.63) is 35.1 Å². The van der Waals surface area contributed by atoms with Gasteiger partial charge in [-0.15, -0.1) is 0 Å². The average Bonchev–Trinajstić information content (AvgIpc) is 2.35. The zero-order chi connectivity index (χ0) is 12.4. The van der Waals surface area contributed by atoms with Gasteiger partial charge in [0.1, 0.15) is 5.82 Å². The Morgan fingerprint density at radius 3 is 2.24 bits per heavy atom. The first kappa shape index (κ1) is 12.4. The molecule has 2 rings (SSSR count). The van der Waals surface area contributed by atoms with Crippen LogP contribution in [-0.2, 0) is 0 Å². The van der Waals surface area contributed by atoms with Crippen LogP contribution in [0.15, 0.2) is 12.1 Å². The van der Waals surface area contributed by atoms with Crippen molar-refractivity contribution < 1.29 is 13.2 Å². The number of halogens is 3. The van der Waals surface area contributed by atoms with Gasteiger partial charge in [-0.1, -0.05) is 19.3 Å². The maximum atomic E-state index is 13.6. The highest BCUT2D eigenvalue weighted by Gasteiger charge is 2.27. The maximum absolute atomic E-state index is 13.6. The molecule has 1 aromatic carbocycles. The summed E-state index contributed by atoms with van der Waals surface area (Å²) in [7, 11) is 0. The summed E-state index contributed by atoms with van der Waals surface area (Å²) in [6.45, 7) is 0. The second-order valence-corrected chi connectivity index (χ2v) is 4.68. The first-order valence-corrected chi connectivity index (χ1v) is 6.00. The van der Waals surface area contributed by atoms with E-state index in [1.54, 1.807) is 0 Å². The Morgan fingerprint density at radius 2 is 1.59 bits per heavy atom. The van der Waals surface area contributed by atoms with E-state index in [9.17, 15) is 13.2 Å². The van der Waals surface area contributed by atoms with Gasteiger partial charge in [-0.3, -0.25) is 0 Å². The summed E-state index contributed by atoms with van der Waals surface area (Å²) in [5.74, 6) is -2.87. The molecule has 0 amide bonds. The smallest absolute Gasteiger partial charge is 0.166 e. The van der Waals surface area contributed by atoms with Crippen molar-refractivity contribution in [3.63, 3.8) is 0 Å². The molecular formula is C13H16F3N. The minimum absolute atomic E-state index is 0.0505. The van der Waals surface area contributed by atoms with Crippen molar-refractivity contribution >= 4 is 0 Å². The SMILES string of the molecule is N[C@@H](c1c(F)ccc(F)c1F)C1CCCCC1. The second kappa shape index (κ2) is 5.08. The van der Waals surface area contributed by atoms with Gasteiger partial charge in [0, 0.05) is 11.6 Å². The Kier molecular flexibility index (Phi) is 3.72. The van der Waals surface area contributed by atoms with Crippen molar-refractivity contribution in [1.29, 1.82) is 0 Å². The highest BCUT2D eigenvalue weighted by molar-refractivity contribution is 5.25. The Hall–Kier alpha value is -1.03. The fraction of sp³-hybridized carbons (Fsp3) is 0.538. The van der Waals surface area contributed by atoms with Gasteiger partial charge in [-0.25, -0.2) is 13.2 Å².